The van der Waals surface area contributed by atoms with Crippen molar-refractivity contribution in [3.63, 3.8) is 0 Å². The normalized spacial score (nSPS) is 11.4. The summed E-state index contributed by atoms with van der Waals surface area (Å²) < 4.78 is 10.6. The Bertz CT molecular complexity index is 1200. The predicted octanol–water partition coefficient (Wildman–Crippen LogP) is 5.14. The van der Waals surface area contributed by atoms with Crippen LogP contribution in [-0.2, 0) is 13.1 Å². The number of nitrogens with zero attached hydrogens (tertiary/aromatic N) is 3. The summed E-state index contributed by atoms with van der Waals surface area (Å²) in [7, 11) is 3.29. The van der Waals surface area contributed by atoms with Crippen LogP contribution in [0.4, 0.5) is 0 Å². The maximum atomic E-state index is 13.0. The van der Waals surface area contributed by atoms with Crippen LogP contribution in [0.2, 0.25) is 0 Å². The Morgan fingerprint density at radius 3 is 1.97 bits per heavy atom. The number of amides is 1. The molecule has 0 saturated carbocycles. The molecule has 0 spiro atoms. The topological polar surface area (TPSA) is 79.8 Å². The highest BCUT2D eigenvalue weighted by Gasteiger charge is 2.17. The summed E-state index contributed by atoms with van der Waals surface area (Å²) in [5, 5.41) is 0.608. The molecule has 174 valence electrons. The summed E-state index contributed by atoms with van der Waals surface area (Å²) in [5.74, 6) is 1.41. The molecule has 0 radical (unpaired) electrons. The molecule has 3 aromatic carbocycles. The van der Waals surface area contributed by atoms with Crippen molar-refractivity contribution in [2.75, 3.05) is 20.5 Å². The minimum absolute atomic E-state index is 0.224. The molecule has 0 aliphatic heterocycles. The molecule has 34 heavy (non-hydrogen) atoms. The number of carbonyl (C=O) groups excluding carboxylic acids is 1. The van der Waals surface area contributed by atoms with Gasteiger partial charge in [0.15, 0.2) is 11.0 Å². The number of rotatable bonds is 7. The van der Waals surface area contributed by atoms with Gasteiger partial charge in [0.25, 0.3) is 0 Å². The van der Waals surface area contributed by atoms with Gasteiger partial charge >= 0.3 is 5.91 Å². The van der Waals surface area contributed by atoms with Gasteiger partial charge < -0.3 is 19.4 Å². The Morgan fingerprint density at radius 2 is 1.47 bits per heavy atom. The Hall–Kier alpha value is -3.78. The standard InChI is InChI=1S/C26H26N4O3S/c1-32-20-12-8-18(9-13-20)16-30(17-19-10-14-21(33-2)15-11-19)26(34-3)29-25(31)24-27-22-6-4-5-7-23(22)28-24/h4-15H,16-17H2,1-3H3,(H,27,28). The van der Waals surface area contributed by atoms with Crippen molar-refractivity contribution in [3.05, 3.63) is 89.7 Å². The minimum atomic E-state index is -0.407. The number of ether oxygens (including phenoxy) is 2. The lowest BCUT2D eigenvalue weighted by molar-refractivity contribution is 0.0993. The van der Waals surface area contributed by atoms with E-state index in [0.29, 0.717) is 18.3 Å². The zero-order valence-corrected chi connectivity index (χ0v) is 20.1. The number of thioether (sulfide) groups is 1. The monoisotopic (exact) mass is 474 g/mol. The zero-order valence-electron chi connectivity index (χ0n) is 19.3. The molecular formula is C26H26N4O3S. The summed E-state index contributed by atoms with van der Waals surface area (Å²) in [4.78, 5) is 27.0. The van der Waals surface area contributed by atoms with E-state index in [-0.39, 0.29) is 5.82 Å². The van der Waals surface area contributed by atoms with E-state index in [1.807, 2.05) is 79.1 Å². The average Bonchev–Trinajstić information content (AvgIpc) is 3.32. The molecule has 1 heterocycles. The second-order valence-corrected chi connectivity index (χ2v) is 8.33. The van der Waals surface area contributed by atoms with Crippen LogP contribution in [0.25, 0.3) is 11.0 Å². The third kappa shape index (κ3) is 5.58. The van der Waals surface area contributed by atoms with Gasteiger partial charge in [-0.15, -0.1) is 0 Å². The van der Waals surface area contributed by atoms with Crippen molar-refractivity contribution in [2.45, 2.75) is 13.1 Å². The fourth-order valence-corrected chi connectivity index (χ4v) is 4.09. The van der Waals surface area contributed by atoms with Crippen LogP contribution < -0.4 is 9.47 Å². The molecule has 1 amide bonds. The molecule has 1 aromatic heterocycles. The predicted molar refractivity (Wildman–Crippen MR) is 137 cm³/mol. The van der Waals surface area contributed by atoms with Gasteiger partial charge in [0.05, 0.1) is 25.3 Å². The van der Waals surface area contributed by atoms with Crippen LogP contribution in [0, 0.1) is 0 Å². The first-order valence-electron chi connectivity index (χ1n) is 10.7. The molecule has 4 aromatic rings. The van der Waals surface area contributed by atoms with Gasteiger partial charge in [-0.2, -0.15) is 4.99 Å². The fourth-order valence-electron chi connectivity index (χ4n) is 3.53. The number of methoxy groups -OCH3 is 2. The first-order chi connectivity index (χ1) is 16.6. The second kappa shape index (κ2) is 10.9. The van der Waals surface area contributed by atoms with Gasteiger partial charge in [-0.1, -0.05) is 48.2 Å². The van der Waals surface area contributed by atoms with Crippen LogP contribution >= 0.6 is 11.8 Å². The fraction of sp³-hybridized carbons (Fsp3) is 0.192. The lowest BCUT2D eigenvalue weighted by Gasteiger charge is -2.25. The molecule has 8 heteroatoms. The van der Waals surface area contributed by atoms with E-state index in [2.05, 4.69) is 19.9 Å². The number of benzene rings is 3. The Balaban J connectivity index is 1.63. The number of aromatic nitrogens is 2. The molecule has 0 saturated heterocycles. The van der Waals surface area contributed by atoms with Crippen LogP contribution in [0.1, 0.15) is 21.7 Å². The molecule has 0 bridgehead atoms. The van der Waals surface area contributed by atoms with Crippen molar-refractivity contribution in [1.29, 1.82) is 0 Å². The highest BCUT2D eigenvalue weighted by Crippen LogP contribution is 2.20. The highest BCUT2D eigenvalue weighted by molar-refractivity contribution is 8.13. The van der Waals surface area contributed by atoms with Crippen molar-refractivity contribution >= 4 is 33.9 Å². The molecule has 0 unspecified atom stereocenters. The molecule has 7 nitrogen and oxygen atoms in total. The Labute approximate surface area is 202 Å². The van der Waals surface area contributed by atoms with Gasteiger partial charge in [-0.3, -0.25) is 4.79 Å². The van der Waals surface area contributed by atoms with Crippen molar-refractivity contribution in [2.24, 2.45) is 4.99 Å². The van der Waals surface area contributed by atoms with Crippen molar-refractivity contribution in [1.82, 2.24) is 14.9 Å². The van der Waals surface area contributed by atoms with Crippen LogP contribution in [0.15, 0.2) is 77.8 Å². The van der Waals surface area contributed by atoms with E-state index in [1.165, 1.54) is 11.8 Å². The van der Waals surface area contributed by atoms with Crippen LogP contribution in [0.5, 0.6) is 11.5 Å². The molecule has 0 atom stereocenters. The number of carbonyl (C=O) groups is 1. The average molecular weight is 475 g/mol. The molecular weight excluding hydrogens is 448 g/mol. The third-order valence-corrected chi connectivity index (χ3v) is 6.02. The number of nitrogens with one attached hydrogen (secondary N) is 1. The second-order valence-electron chi connectivity index (χ2n) is 7.56. The highest BCUT2D eigenvalue weighted by atomic mass is 32.2. The number of aliphatic imine (C=N–C) groups is 1. The van der Waals surface area contributed by atoms with E-state index in [4.69, 9.17) is 9.47 Å². The summed E-state index contributed by atoms with van der Waals surface area (Å²) in [6, 6.07) is 23.3. The number of para-hydroxylation sites is 2. The van der Waals surface area contributed by atoms with Crippen LogP contribution in [-0.4, -0.2) is 46.4 Å². The number of imidazole rings is 1. The lowest BCUT2D eigenvalue weighted by Crippen LogP contribution is -2.29. The SMILES string of the molecule is COc1ccc(CN(Cc2ccc(OC)cc2)C(=NC(=O)c2nc3ccccc3[nH]2)SC)cc1. The maximum absolute atomic E-state index is 13.0. The van der Waals surface area contributed by atoms with Crippen molar-refractivity contribution in [3.8, 4) is 11.5 Å². The summed E-state index contributed by atoms with van der Waals surface area (Å²) in [5.41, 5.74) is 3.69. The Morgan fingerprint density at radius 1 is 0.912 bits per heavy atom. The molecule has 0 fully saturated rings. The quantitative estimate of drug-likeness (QED) is 0.295. The first-order valence-corrected chi connectivity index (χ1v) is 11.9. The van der Waals surface area contributed by atoms with Gasteiger partial charge in [-0.25, -0.2) is 4.98 Å². The number of fused-ring (bicyclic) bond motifs is 1. The van der Waals surface area contributed by atoms with Gasteiger partial charge in [0, 0.05) is 13.1 Å². The smallest absolute Gasteiger partial charge is 0.315 e. The van der Waals surface area contributed by atoms with Gasteiger partial charge in [-0.05, 0) is 53.8 Å². The molecule has 1 N–H and O–H groups in total. The number of amidine groups is 1. The zero-order chi connectivity index (χ0) is 23.9. The lowest BCUT2D eigenvalue weighted by atomic mass is 10.1. The summed E-state index contributed by atoms with van der Waals surface area (Å²) in [6.45, 7) is 1.15. The van der Waals surface area contributed by atoms with Crippen LogP contribution in [0.3, 0.4) is 0 Å². The van der Waals surface area contributed by atoms with E-state index in [1.54, 1.807) is 14.2 Å². The number of hydrogen-bond acceptors (Lipinski definition) is 5. The number of hydrogen-bond donors (Lipinski definition) is 1. The van der Waals surface area contributed by atoms with E-state index in [0.717, 1.165) is 33.7 Å². The molecule has 0 aliphatic rings. The largest absolute Gasteiger partial charge is 0.497 e. The molecule has 0 aliphatic carbocycles. The minimum Gasteiger partial charge on any atom is -0.497 e. The number of H-pyrrole nitrogens is 1. The van der Waals surface area contributed by atoms with E-state index >= 15 is 0 Å². The summed E-state index contributed by atoms with van der Waals surface area (Å²) >= 11 is 1.43. The van der Waals surface area contributed by atoms with Gasteiger partial charge in [0.2, 0.25) is 0 Å². The Kier molecular flexibility index (Phi) is 7.49. The summed E-state index contributed by atoms with van der Waals surface area (Å²) in [6.07, 6.45) is 1.92. The molecule has 4 rings (SSSR count). The van der Waals surface area contributed by atoms with E-state index in [9.17, 15) is 4.79 Å². The maximum Gasteiger partial charge on any atom is 0.315 e. The first kappa shape index (κ1) is 23.4. The van der Waals surface area contributed by atoms with Crippen molar-refractivity contribution < 1.29 is 14.3 Å². The number of aromatic amines is 1. The third-order valence-electron chi connectivity index (χ3n) is 5.31. The van der Waals surface area contributed by atoms with Gasteiger partial charge in [0.1, 0.15) is 11.5 Å². The van der Waals surface area contributed by atoms with E-state index < -0.39 is 5.91 Å².